The van der Waals surface area contributed by atoms with Crippen molar-refractivity contribution in [2.45, 2.75) is 37.8 Å². The molecule has 2 aliphatic rings. The van der Waals surface area contributed by atoms with Gasteiger partial charge in [0.1, 0.15) is 0 Å². The molecule has 2 heterocycles. The van der Waals surface area contributed by atoms with E-state index in [4.69, 9.17) is 0 Å². The minimum Gasteiger partial charge on any atom is -0.343 e. The topological polar surface area (TPSA) is 62.3 Å². The monoisotopic (exact) mass is 349 g/mol. The fourth-order valence-corrected chi connectivity index (χ4v) is 3.61. The lowest BCUT2D eigenvalue weighted by atomic mass is 9.95. The first-order valence-electron chi connectivity index (χ1n) is 9.28. The van der Waals surface area contributed by atoms with Crippen LogP contribution in [0.15, 0.2) is 54.7 Å². The van der Waals surface area contributed by atoms with Crippen LogP contribution in [0.1, 0.15) is 43.0 Å². The molecule has 2 aromatic rings. The summed E-state index contributed by atoms with van der Waals surface area (Å²) in [4.78, 5) is 31.4. The quantitative estimate of drug-likeness (QED) is 0.903. The summed E-state index contributed by atoms with van der Waals surface area (Å²) in [6, 6.07) is 15.7. The van der Waals surface area contributed by atoms with Crippen molar-refractivity contribution in [1.29, 1.82) is 0 Å². The molecule has 2 unspecified atom stereocenters. The summed E-state index contributed by atoms with van der Waals surface area (Å²) in [5.74, 6) is 0.0479. The molecule has 0 spiro atoms. The SMILES string of the molecule is O=C(NC(c1ccccc1)c1ccccn1)C1CCC(=O)N(C2CC2)C1. The van der Waals surface area contributed by atoms with Gasteiger partial charge in [-0.25, -0.2) is 0 Å². The largest absolute Gasteiger partial charge is 0.343 e. The number of rotatable bonds is 5. The zero-order valence-corrected chi connectivity index (χ0v) is 14.7. The number of nitrogens with one attached hydrogen (secondary N) is 1. The maximum Gasteiger partial charge on any atom is 0.225 e. The van der Waals surface area contributed by atoms with Gasteiger partial charge in [0.2, 0.25) is 11.8 Å². The first kappa shape index (κ1) is 16.8. The van der Waals surface area contributed by atoms with E-state index in [2.05, 4.69) is 10.3 Å². The van der Waals surface area contributed by atoms with Gasteiger partial charge in [-0.15, -0.1) is 0 Å². The lowest BCUT2D eigenvalue weighted by molar-refractivity contribution is -0.139. The number of carbonyl (C=O) groups excluding carboxylic acids is 2. The number of aromatic nitrogens is 1. The van der Waals surface area contributed by atoms with Crippen molar-refractivity contribution < 1.29 is 9.59 Å². The normalized spacial score (nSPS) is 21.3. The Balaban J connectivity index is 1.52. The van der Waals surface area contributed by atoms with Crippen LogP contribution in [0.2, 0.25) is 0 Å². The van der Waals surface area contributed by atoms with Gasteiger partial charge >= 0.3 is 0 Å². The lowest BCUT2D eigenvalue weighted by Crippen LogP contribution is -2.47. The van der Waals surface area contributed by atoms with Gasteiger partial charge in [0.15, 0.2) is 0 Å². The minimum absolute atomic E-state index is 0.00246. The summed E-state index contributed by atoms with van der Waals surface area (Å²) in [6.07, 6.45) is 4.97. The molecule has 2 atom stereocenters. The second-order valence-electron chi connectivity index (χ2n) is 7.12. The predicted molar refractivity (Wildman–Crippen MR) is 98.1 cm³/mol. The molecule has 0 bridgehead atoms. The lowest BCUT2D eigenvalue weighted by Gasteiger charge is -2.33. The van der Waals surface area contributed by atoms with Gasteiger partial charge in [-0.1, -0.05) is 36.4 Å². The van der Waals surface area contributed by atoms with E-state index in [-0.39, 0.29) is 23.8 Å². The molecule has 1 N–H and O–H groups in total. The third-order valence-corrected chi connectivity index (χ3v) is 5.21. The summed E-state index contributed by atoms with van der Waals surface area (Å²) in [5.41, 5.74) is 1.82. The second kappa shape index (κ2) is 7.28. The van der Waals surface area contributed by atoms with Crippen molar-refractivity contribution in [1.82, 2.24) is 15.2 Å². The molecular weight excluding hydrogens is 326 g/mol. The van der Waals surface area contributed by atoms with Gasteiger partial charge in [0.05, 0.1) is 17.7 Å². The maximum atomic E-state index is 13.0. The zero-order valence-electron chi connectivity index (χ0n) is 14.7. The zero-order chi connectivity index (χ0) is 17.9. The maximum absolute atomic E-state index is 13.0. The van der Waals surface area contributed by atoms with Crippen molar-refractivity contribution in [3.05, 3.63) is 66.0 Å². The summed E-state index contributed by atoms with van der Waals surface area (Å²) in [5, 5.41) is 3.17. The molecule has 5 nitrogen and oxygen atoms in total. The summed E-state index contributed by atoms with van der Waals surface area (Å²) >= 11 is 0. The van der Waals surface area contributed by atoms with Crippen LogP contribution in [0.25, 0.3) is 0 Å². The van der Waals surface area contributed by atoms with Crippen LogP contribution in [-0.2, 0) is 9.59 Å². The first-order valence-corrected chi connectivity index (χ1v) is 9.28. The van der Waals surface area contributed by atoms with Gasteiger partial charge in [0, 0.05) is 25.2 Å². The van der Waals surface area contributed by atoms with Crippen LogP contribution in [0.3, 0.4) is 0 Å². The van der Waals surface area contributed by atoms with Gasteiger partial charge < -0.3 is 10.2 Å². The standard InChI is InChI=1S/C21H23N3O2/c25-19-12-9-16(14-24(19)17-10-11-17)21(26)23-20(15-6-2-1-3-7-15)18-8-4-5-13-22-18/h1-8,13,16-17,20H,9-12,14H2,(H,23,26). The van der Waals surface area contributed by atoms with Gasteiger partial charge in [0.25, 0.3) is 0 Å². The Bertz CT molecular complexity index is 735. The third-order valence-electron chi connectivity index (χ3n) is 5.21. The highest BCUT2D eigenvalue weighted by Crippen LogP contribution is 2.32. The van der Waals surface area contributed by atoms with Crippen molar-refractivity contribution in [2.24, 2.45) is 5.92 Å². The molecule has 5 heteroatoms. The third kappa shape index (κ3) is 3.62. The average Bonchev–Trinajstić information content (AvgIpc) is 3.53. The van der Waals surface area contributed by atoms with Crippen LogP contribution in [0.5, 0.6) is 0 Å². The molecule has 0 radical (unpaired) electrons. The van der Waals surface area contributed by atoms with Crippen LogP contribution < -0.4 is 5.32 Å². The Kier molecular flexibility index (Phi) is 4.69. The van der Waals surface area contributed by atoms with E-state index in [0.29, 0.717) is 25.4 Å². The molecule has 4 rings (SSSR count). The molecule has 26 heavy (non-hydrogen) atoms. The molecular formula is C21H23N3O2. The van der Waals surface area contributed by atoms with E-state index in [1.165, 1.54) is 0 Å². The molecule has 1 aliphatic carbocycles. The van der Waals surface area contributed by atoms with Gasteiger partial charge in [-0.3, -0.25) is 14.6 Å². The molecule has 1 aromatic carbocycles. The Morgan fingerprint density at radius 2 is 1.85 bits per heavy atom. The molecule has 1 saturated carbocycles. The second-order valence-corrected chi connectivity index (χ2v) is 7.12. The van der Waals surface area contributed by atoms with Crippen LogP contribution in [-0.4, -0.2) is 34.3 Å². The number of hydrogen-bond acceptors (Lipinski definition) is 3. The molecule has 2 fully saturated rings. The van der Waals surface area contributed by atoms with E-state index in [1.54, 1.807) is 6.20 Å². The molecule has 1 aliphatic heterocycles. The number of hydrogen-bond donors (Lipinski definition) is 1. The molecule has 2 amide bonds. The van der Waals surface area contributed by atoms with E-state index in [9.17, 15) is 9.59 Å². The van der Waals surface area contributed by atoms with Crippen molar-refractivity contribution in [3.8, 4) is 0 Å². The van der Waals surface area contributed by atoms with E-state index < -0.39 is 0 Å². The van der Waals surface area contributed by atoms with Gasteiger partial charge in [-0.2, -0.15) is 0 Å². The smallest absolute Gasteiger partial charge is 0.225 e. The fourth-order valence-electron chi connectivity index (χ4n) is 3.61. The van der Waals surface area contributed by atoms with Crippen LogP contribution in [0.4, 0.5) is 0 Å². The van der Waals surface area contributed by atoms with Gasteiger partial charge in [-0.05, 0) is 37.0 Å². The Morgan fingerprint density at radius 1 is 1.08 bits per heavy atom. The highest BCUT2D eigenvalue weighted by molar-refractivity contribution is 5.84. The summed E-state index contributed by atoms with van der Waals surface area (Å²) < 4.78 is 0. The van der Waals surface area contributed by atoms with E-state index in [0.717, 1.165) is 24.1 Å². The highest BCUT2D eigenvalue weighted by Gasteiger charge is 2.39. The van der Waals surface area contributed by atoms with Crippen LogP contribution in [0, 0.1) is 5.92 Å². The molecule has 134 valence electrons. The highest BCUT2D eigenvalue weighted by atomic mass is 16.2. The number of benzene rings is 1. The molecule has 1 saturated heterocycles. The van der Waals surface area contributed by atoms with Crippen molar-refractivity contribution in [2.75, 3.05) is 6.54 Å². The minimum atomic E-state index is -0.281. The first-order chi connectivity index (χ1) is 12.7. The number of pyridine rings is 1. The number of likely N-dealkylation sites (tertiary alicyclic amines) is 1. The number of nitrogens with zero attached hydrogens (tertiary/aromatic N) is 2. The number of piperidine rings is 1. The Labute approximate surface area is 153 Å². The summed E-state index contributed by atoms with van der Waals surface area (Å²) in [7, 11) is 0. The Morgan fingerprint density at radius 3 is 2.54 bits per heavy atom. The van der Waals surface area contributed by atoms with Crippen LogP contribution >= 0.6 is 0 Å². The number of carbonyl (C=O) groups is 2. The number of amides is 2. The molecule has 1 aromatic heterocycles. The fraction of sp³-hybridized carbons (Fsp3) is 0.381. The summed E-state index contributed by atoms with van der Waals surface area (Å²) in [6.45, 7) is 0.541. The van der Waals surface area contributed by atoms with Crippen molar-refractivity contribution >= 4 is 11.8 Å². The average molecular weight is 349 g/mol. The van der Waals surface area contributed by atoms with Crippen molar-refractivity contribution in [3.63, 3.8) is 0 Å². The Hall–Kier alpha value is -2.69. The predicted octanol–water partition coefficient (Wildman–Crippen LogP) is 2.69. The van der Waals surface area contributed by atoms with E-state index in [1.807, 2.05) is 53.4 Å². The van der Waals surface area contributed by atoms with E-state index >= 15 is 0 Å².